The molecule has 2 rings (SSSR count). The average molecular weight is 326 g/mol. The Bertz CT molecular complexity index is 408. The van der Waals surface area contributed by atoms with Crippen molar-refractivity contribution < 1.29 is 4.74 Å². The van der Waals surface area contributed by atoms with Crippen LogP contribution in [0.1, 0.15) is 45.1 Å². The van der Waals surface area contributed by atoms with Crippen LogP contribution in [0.5, 0.6) is 5.75 Å². The van der Waals surface area contributed by atoms with Crippen molar-refractivity contribution in [1.82, 2.24) is 5.32 Å². The molecule has 1 N–H and O–H groups in total. The summed E-state index contributed by atoms with van der Waals surface area (Å²) in [6.45, 7) is 6.30. The van der Waals surface area contributed by atoms with E-state index in [1.165, 1.54) is 31.2 Å². The van der Waals surface area contributed by atoms with Gasteiger partial charge in [0.25, 0.3) is 0 Å². The summed E-state index contributed by atoms with van der Waals surface area (Å²) in [7, 11) is 0. The van der Waals surface area contributed by atoms with Gasteiger partial charge >= 0.3 is 0 Å². The van der Waals surface area contributed by atoms with E-state index in [4.69, 9.17) is 4.74 Å². The highest BCUT2D eigenvalue weighted by Crippen LogP contribution is 2.34. The van der Waals surface area contributed by atoms with Gasteiger partial charge in [-0.15, -0.1) is 0 Å². The number of halogens is 1. The Balaban J connectivity index is 2.09. The lowest BCUT2D eigenvalue weighted by Gasteiger charge is -2.28. The Morgan fingerprint density at radius 1 is 1.37 bits per heavy atom. The molecule has 1 aromatic carbocycles. The Kier molecular flexibility index (Phi) is 5.71. The van der Waals surface area contributed by atoms with Gasteiger partial charge in [-0.25, -0.2) is 0 Å². The number of rotatable bonds is 5. The van der Waals surface area contributed by atoms with Crippen LogP contribution in [0.4, 0.5) is 0 Å². The summed E-state index contributed by atoms with van der Waals surface area (Å²) in [6, 6.07) is 6.29. The standard InChI is InChI=1S/C16H24BrNO/c1-3-18-11-13-7-5-9-15(17)16(13)19-14-8-4-6-12(2)10-14/h5,7,9,12,14,18H,3-4,6,8,10-11H2,1-2H3. The summed E-state index contributed by atoms with van der Waals surface area (Å²) in [5.74, 6) is 1.82. The first-order valence-electron chi connectivity index (χ1n) is 7.35. The second-order valence-corrected chi connectivity index (χ2v) is 6.37. The quantitative estimate of drug-likeness (QED) is 0.859. The summed E-state index contributed by atoms with van der Waals surface area (Å²) in [5, 5.41) is 3.38. The molecule has 2 atom stereocenters. The van der Waals surface area contributed by atoms with Crippen LogP contribution in [0.2, 0.25) is 0 Å². The number of para-hydroxylation sites is 1. The van der Waals surface area contributed by atoms with Crippen LogP contribution in [0, 0.1) is 5.92 Å². The fourth-order valence-electron chi connectivity index (χ4n) is 2.74. The van der Waals surface area contributed by atoms with Crippen LogP contribution in [0.15, 0.2) is 22.7 Å². The third-order valence-electron chi connectivity index (χ3n) is 3.79. The molecule has 2 nitrogen and oxygen atoms in total. The second kappa shape index (κ2) is 7.30. The number of hydrogen-bond donors (Lipinski definition) is 1. The maximum absolute atomic E-state index is 6.30. The lowest BCUT2D eigenvalue weighted by molar-refractivity contribution is 0.127. The van der Waals surface area contributed by atoms with Crippen molar-refractivity contribution in [2.24, 2.45) is 5.92 Å². The highest BCUT2D eigenvalue weighted by molar-refractivity contribution is 9.10. The van der Waals surface area contributed by atoms with Crippen LogP contribution in [0.3, 0.4) is 0 Å². The highest BCUT2D eigenvalue weighted by Gasteiger charge is 2.22. The molecule has 0 amide bonds. The molecule has 2 unspecified atom stereocenters. The van der Waals surface area contributed by atoms with Gasteiger partial charge in [0, 0.05) is 12.1 Å². The smallest absolute Gasteiger partial charge is 0.138 e. The fourth-order valence-corrected chi connectivity index (χ4v) is 3.24. The van der Waals surface area contributed by atoms with Crippen LogP contribution in [0.25, 0.3) is 0 Å². The zero-order chi connectivity index (χ0) is 13.7. The van der Waals surface area contributed by atoms with E-state index < -0.39 is 0 Å². The van der Waals surface area contributed by atoms with E-state index >= 15 is 0 Å². The van der Waals surface area contributed by atoms with Crippen molar-refractivity contribution in [3.63, 3.8) is 0 Å². The molecule has 0 spiro atoms. The molecule has 3 heteroatoms. The minimum atomic E-state index is 0.378. The van der Waals surface area contributed by atoms with Crippen molar-refractivity contribution >= 4 is 15.9 Å². The lowest BCUT2D eigenvalue weighted by atomic mass is 9.88. The lowest BCUT2D eigenvalue weighted by Crippen LogP contribution is -2.25. The third-order valence-corrected chi connectivity index (χ3v) is 4.41. The molecule has 0 heterocycles. The van der Waals surface area contributed by atoms with Gasteiger partial charge in [0.15, 0.2) is 0 Å². The Morgan fingerprint density at radius 2 is 2.21 bits per heavy atom. The predicted octanol–water partition coefficient (Wildman–Crippen LogP) is 4.52. The van der Waals surface area contributed by atoms with Crippen molar-refractivity contribution in [3.05, 3.63) is 28.2 Å². The van der Waals surface area contributed by atoms with Crippen LogP contribution in [-0.4, -0.2) is 12.6 Å². The highest BCUT2D eigenvalue weighted by atomic mass is 79.9. The molecule has 1 saturated carbocycles. The van der Waals surface area contributed by atoms with Crippen LogP contribution in [-0.2, 0) is 6.54 Å². The largest absolute Gasteiger partial charge is 0.489 e. The van der Waals surface area contributed by atoms with Gasteiger partial charge in [0.1, 0.15) is 5.75 Å². The summed E-state index contributed by atoms with van der Waals surface area (Å²) in [5.41, 5.74) is 1.24. The molecule has 0 aliphatic heterocycles. The van der Waals surface area contributed by atoms with Crippen LogP contribution < -0.4 is 10.1 Å². The van der Waals surface area contributed by atoms with Gasteiger partial charge in [0.2, 0.25) is 0 Å². The second-order valence-electron chi connectivity index (χ2n) is 5.52. The Morgan fingerprint density at radius 3 is 2.95 bits per heavy atom. The van der Waals surface area contributed by atoms with Crippen molar-refractivity contribution in [2.75, 3.05) is 6.54 Å². The molecule has 1 aliphatic carbocycles. The third kappa shape index (κ3) is 4.22. The normalized spacial score (nSPS) is 23.3. The number of hydrogen-bond acceptors (Lipinski definition) is 2. The molecule has 106 valence electrons. The first-order valence-corrected chi connectivity index (χ1v) is 8.14. The van der Waals surface area contributed by atoms with E-state index in [2.05, 4.69) is 53.3 Å². The minimum absolute atomic E-state index is 0.378. The molecule has 1 fully saturated rings. The average Bonchev–Trinajstić information content (AvgIpc) is 2.39. The van der Waals surface area contributed by atoms with E-state index in [1.807, 2.05) is 0 Å². The van der Waals surface area contributed by atoms with Crippen LogP contribution >= 0.6 is 15.9 Å². The summed E-state index contributed by atoms with van der Waals surface area (Å²) >= 11 is 3.63. The molecule has 0 saturated heterocycles. The van der Waals surface area contributed by atoms with Gasteiger partial charge in [-0.3, -0.25) is 0 Å². The SMILES string of the molecule is CCNCc1cccc(Br)c1OC1CCCC(C)C1. The first-order chi connectivity index (χ1) is 9.20. The van der Waals surface area contributed by atoms with Gasteiger partial charge in [-0.05, 0) is 53.7 Å². The minimum Gasteiger partial charge on any atom is -0.489 e. The maximum Gasteiger partial charge on any atom is 0.138 e. The van der Waals surface area contributed by atoms with Gasteiger partial charge in [0.05, 0.1) is 10.6 Å². The van der Waals surface area contributed by atoms with Gasteiger partial charge < -0.3 is 10.1 Å². The van der Waals surface area contributed by atoms with E-state index in [1.54, 1.807) is 0 Å². The van der Waals surface area contributed by atoms with E-state index in [0.29, 0.717) is 6.10 Å². The van der Waals surface area contributed by atoms with Gasteiger partial charge in [-0.2, -0.15) is 0 Å². The maximum atomic E-state index is 6.30. The predicted molar refractivity (Wildman–Crippen MR) is 83.6 cm³/mol. The monoisotopic (exact) mass is 325 g/mol. The molecule has 1 aliphatic rings. The van der Waals surface area contributed by atoms with E-state index in [9.17, 15) is 0 Å². The number of nitrogens with one attached hydrogen (secondary N) is 1. The molecule has 0 bridgehead atoms. The topological polar surface area (TPSA) is 21.3 Å². The summed E-state index contributed by atoms with van der Waals surface area (Å²) in [4.78, 5) is 0. The van der Waals surface area contributed by atoms with Gasteiger partial charge in [-0.1, -0.05) is 32.4 Å². The van der Waals surface area contributed by atoms with Crippen molar-refractivity contribution in [3.8, 4) is 5.75 Å². The fraction of sp³-hybridized carbons (Fsp3) is 0.625. The van der Waals surface area contributed by atoms with Crippen molar-refractivity contribution in [2.45, 2.75) is 52.2 Å². The molecule has 0 aromatic heterocycles. The first kappa shape index (κ1) is 14.9. The Hall–Kier alpha value is -0.540. The number of benzene rings is 1. The Labute approximate surface area is 125 Å². The zero-order valence-corrected chi connectivity index (χ0v) is 13.5. The van der Waals surface area contributed by atoms with E-state index in [0.717, 1.165) is 29.2 Å². The molecule has 0 radical (unpaired) electrons. The summed E-state index contributed by atoms with van der Waals surface area (Å²) < 4.78 is 7.37. The molecule has 1 aromatic rings. The summed E-state index contributed by atoms with van der Waals surface area (Å²) in [6.07, 6.45) is 5.38. The molecule has 19 heavy (non-hydrogen) atoms. The molecular weight excluding hydrogens is 302 g/mol. The number of ether oxygens (including phenoxy) is 1. The van der Waals surface area contributed by atoms with Crippen molar-refractivity contribution in [1.29, 1.82) is 0 Å². The van der Waals surface area contributed by atoms with E-state index in [-0.39, 0.29) is 0 Å². The molecular formula is C16H24BrNO. The zero-order valence-electron chi connectivity index (χ0n) is 11.9.